The number of benzene rings is 2. The fourth-order valence-electron chi connectivity index (χ4n) is 3.54. The molecule has 1 aliphatic rings. The molecule has 1 fully saturated rings. The van der Waals surface area contributed by atoms with E-state index >= 15 is 0 Å². The molecular formula is C23H31N3O4S. The van der Waals surface area contributed by atoms with Crippen molar-refractivity contribution in [1.29, 1.82) is 0 Å². The highest BCUT2D eigenvalue weighted by molar-refractivity contribution is 7.92. The van der Waals surface area contributed by atoms with E-state index in [9.17, 15) is 13.2 Å². The maximum atomic E-state index is 12.5. The molecule has 1 aliphatic heterocycles. The Kier molecular flexibility index (Phi) is 8.06. The monoisotopic (exact) mass is 445 g/mol. The van der Waals surface area contributed by atoms with E-state index < -0.39 is 10.0 Å². The highest BCUT2D eigenvalue weighted by Crippen LogP contribution is 2.18. The highest BCUT2D eigenvalue weighted by atomic mass is 32.2. The van der Waals surface area contributed by atoms with Crippen molar-refractivity contribution >= 4 is 21.6 Å². The summed E-state index contributed by atoms with van der Waals surface area (Å²) < 4.78 is 31.0. The molecule has 8 heteroatoms. The summed E-state index contributed by atoms with van der Waals surface area (Å²) in [6, 6.07) is 15.3. The Labute approximate surface area is 185 Å². The molecule has 0 atom stereocenters. The van der Waals surface area contributed by atoms with Crippen LogP contribution in [0.5, 0.6) is 0 Å². The van der Waals surface area contributed by atoms with Crippen molar-refractivity contribution in [3.8, 4) is 0 Å². The van der Waals surface area contributed by atoms with Gasteiger partial charge in [-0.1, -0.05) is 43.3 Å². The van der Waals surface area contributed by atoms with Gasteiger partial charge >= 0.3 is 0 Å². The molecule has 2 aromatic carbocycles. The van der Waals surface area contributed by atoms with E-state index in [4.69, 9.17) is 4.74 Å². The first-order valence-corrected chi connectivity index (χ1v) is 12.4. The Morgan fingerprint density at radius 2 is 1.74 bits per heavy atom. The summed E-state index contributed by atoms with van der Waals surface area (Å²) >= 11 is 0. The zero-order chi connectivity index (χ0) is 22.3. The SMILES string of the molecule is CCc1ccc(N(CC(=O)NCc2cccc(CN3CCOCC3)c2)S(C)(=O)=O)cc1. The number of hydrogen-bond donors (Lipinski definition) is 1. The predicted octanol–water partition coefficient (Wildman–Crippen LogP) is 2.16. The van der Waals surface area contributed by atoms with Crippen LogP contribution in [0.3, 0.4) is 0 Å². The molecule has 3 rings (SSSR count). The van der Waals surface area contributed by atoms with Gasteiger partial charge in [0.1, 0.15) is 6.54 Å². The van der Waals surface area contributed by atoms with Crippen LogP contribution in [0.25, 0.3) is 0 Å². The third-order valence-corrected chi connectivity index (χ3v) is 6.45. The molecule has 0 radical (unpaired) electrons. The van der Waals surface area contributed by atoms with Crippen LogP contribution in [-0.2, 0) is 39.1 Å². The summed E-state index contributed by atoms with van der Waals surface area (Å²) in [6.45, 7) is 6.33. The van der Waals surface area contributed by atoms with Crippen LogP contribution in [0.15, 0.2) is 48.5 Å². The second kappa shape index (κ2) is 10.7. The van der Waals surface area contributed by atoms with E-state index in [2.05, 4.69) is 22.3 Å². The van der Waals surface area contributed by atoms with Crippen molar-refractivity contribution in [2.75, 3.05) is 43.4 Å². The number of rotatable bonds is 9. The Hall–Kier alpha value is -2.42. The quantitative estimate of drug-likeness (QED) is 0.640. The number of nitrogens with zero attached hydrogens (tertiary/aromatic N) is 2. The van der Waals surface area contributed by atoms with E-state index in [0.717, 1.165) is 61.0 Å². The van der Waals surface area contributed by atoms with E-state index in [1.807, 2.05) is 31.2 Å². The molecule has 31 heavy (non-hydrogen) atoms. The number of ether oxygens (including phenoxy) is 1. The molecule has 168 valence electrons. The molecule has 2 aromatic rings. The number of hydrogen-bond acceptors (Lipinski definition) is 5. The van der Waals surface area contributed by atoms with Crippen molar-refractivity contribution in [3.05, 3.63) is 65.2 Å². The third kappa shape index (κ3) is 7.05. The predicted molar refractivity (Wildman–Crippen MR) is 122 cm³/mol. The minimum atomic E-state index is -3.58. The number of carbonyl (C=O) groups excluding carboxylic acids is 1. The molecule has 0 aromatic heterocycles. The Bertz CT molecular complexity index is 971. The average Bonchev–Trinajstić information content (AvgIpc) is 2.76. The number of nitrogens with one attached hydrogen (secondary N) is 1. The molecular weight excluding hydrogens is 414 g/mol. The van der Waals surface area contributed by atoms with E-state index in [0.29, 0.717) is 12.2 Å². The minimum absolute atomic E-state index is 0.252. The summed E-state index contributed by atoms with van der Waals surface area (Å²) in [5.41, 5.74) is 3.76. The van der Waals surface area contributed by atoms with Gasteiger partial charge in [0.2, 0.25) is 15.9 Å². The van der Waals surface area contributed by atoms with Crippen molar-refractivity contribution in [1.82, 2.24) is 10.2 Å². The molecule has 1 amide bonds. The molecule has 7 nitrogen and oxygen atoms in total. The van der Waals surface area contributed by atoms with Crippen LogP contribution in [0.4, 0.5) is 5.69 Å². The molecule has 0 unspecified atom stereocenters. The van der Waals surface area contributed by atoms with Crippen LogP contribution in [-0.4, -0.2) is 58.3 Å². The first-order valence-electron chi connectivity index (χ1n) is 10.6. The maximum absolute atomic E-state index is 12.5. The third-order valence-electron chi connectivity index (χ3n) is 5.31. The summed E-state index contributed by atoms with van der Waals surface area (Å²) in [4.78, 5) is 14.9. The first-order chi connectivity index (χ1) is 14.8. The number of aryl methyl sites for hydroxylation is 1. The zero-order valence-electron chi connectivity index (χ0n) is 18.2. The summed E-state index contributed by atoms with van der Waals surface area (Å²) in [5.74, 6) is -0.344. The normalized spacial score (nSPS) is 14.9. The Morgan fingerprint density at radius 3 is 2.39 bits per heavy atom. The highest BCUT2D eigenvalue weighted by Gasteiger charge is 2.20. The van der Waals surface area contributed by atoms with E-state index in [1.54, 1.807) is 12.1 Å². The standard InChI is InChI=1S/C23H31N3O4S/c1-3-19-7-9-22(10-8-19)26(31(2,28)29)18-23(27)24-16-20-5-4-6-21(15-20)17-25-11-13-30-14-12-25/h4-10,15H,3,11-14,16-18H2,1-2H3,(H,24,27). The van der Waals surface area contributed by atoms with Gasteiger partial charge in [-0.2, -0.15) is 0 Å². The van der Waals surface area contributed by atoms with Gasteiger partial charge in [0.05, 0.1) is 25.2 Å². The van der Waals surface area contributed by atoms with Crippen LogP contribution in [0.2, 0.25) is 0 Å². The summed E-state index contributed by atoms with van der Waals surface area (Å²) in [6.07, 6.45) is 1.98. The van der Waals surface area contributed by atoms with Crippen molar-refractivity contribution in [3.63, 3.8) is 0 Å². The summed E-state index contributed by atoms with van der Waals surface area (Å²) in [5, 5.41) is 2.85. The zero-order valence-corrected chi connectivity index (χ0v) is 19.0. The molecule has 1 N–H and O–H groups in total. The van der Waals surface area contributed by atoms with Crippen molar-refractivity contribution in [2.45, 2.75) is 26.4 Å². The van der Waals surface area contributed by atoms with Crippen LogP contribution in [0, 0.1) is 0 Å². The van der Waals surface area contributed by atoms with Crippen LogP contribution in [0.1, 0.15) is 23.6 Å². The number of anilines is 1. The van der Waals surface area contributed by atoms with Gasteiger partial charge in [0, 0.05) is 26.2 Å². The number of sulfonamides is 1. The van der Waals surface area contributed by atoms with E-state index in [1.165, 1.54) is 5.56 Å². The lowest BCUT2D eigenvalue weighted by Crippen LogP contribution is -2.40. The topological polar surface area (TPSA) is 79.0 Å². The smallest absolute Gasteiger partial charge is 0.241 e. The van der Waals surface area contributed by atoms with E-state index in [-0.39, 0.29) is 12.5 Å². The maximum Gasteiger partial charge on any atom is 0.241 e. The lowest BCUT2D eigenvalue weighted by Gasteiger charge is -2.26. The molecule has 0 saturated carbocycles. The summed E-state index contributed by atoms with van der Waals surface area (Å²) in [7, 11) is -3.58. The van der Waals surface area contributed by atoms with Gasteiger partial charge < -0.3 is 10.1 Å². The fraction of sp³-hybridized carbons (Fsp3) is 0.435. The minimum Gasteiger partial charge on any atom is -0.379 e. The molecule has 0 bridgehead atoms. The lowest BCUT2D eigenvalue weighted by atomic mass is 10.1. The number of amides is 1. The Morgan fingerprint density at radius 1 is 1.06 bits per heavy atom. The Balaban J connectivity index is 1.59. The van der Waals surface area contributed by atoms with Gasteiger partial charge in [-0.05, 0) is 35.2 Å². The molecule has 1 heterocycles. The van der Waals surface area contributed by atoms with Crippen LogP contribution >= 0.6 is 0 Å². The van der Waals surface area contributed by atoms with Crippen molar-refractivity contribution in [2.24, 2.45) is 0 Å². The first kappa shape index (κ1) is 23.2. The largest absolute Gasteiger partial charge is 0.379 e. The van der Waals surface area contributed by atoms with Gasteiger partial charge in [0.25, 0.3) is 0 Å². The second-order valence-corrected chi connectivity index (χ2v) is 9.68. The second-order valence-electron chi connectivity index (χ2n) is 7.77. The van der Waals surface area contributed by atoms with Gasteiger partial charge in [-0.15, -0.1) is 0 Å². The molecule has 0 spiro atoms. The van der Waals surface area contributed by atoms with Crippen molar-refractivity contribution < 1.29 is 17.9 Å². The average molecular weight is 446 g/mol. The van der Waals surface area contributed by atoms with Gasteiger partial charge in [-0.3, -0.25) is 14.0 Å². The van der Waals surface area contributed by atoms with Gasteiger partial charge in [-0.25, -0.2) is 8.42 Å². The van der Waals surface area contributed by atoms with Gasteiger partial charge in [0.15, 0.2) is 0 Å². The molecule has 1 saturated heterocycles. The molecule has 0 aliphatic carbocycles. The van der Waals surface area contributed by atoms with Crippen LogP contribution < -0.4 is 9.62 Å². The lowest BCUT2D eigenvalue weighted by molar-refractivity contribution is -0.119. The number of carbonyl (C=O) groups is 1. The fourth-order valence-corrected chi connectivity index (χ4v) is 4.40. The number of morpholine rings is 1.